The van der Waals surface area contributed by atoms with Gasteiger partial charge in [-0.05, 0) is 45.6 Å². The van der Waals surface area contributed by atoms with Crippen LogP contribution in [0.5, 0.6) is 0 Å². The number of carbonyl (C=O) groups is 1. The normalized spacial score (nSPS) is 21.0. The van der Waals surface area contributed by atoms with Gasteiger partial charge in [0, 0.05) is 24.7 Å². The summed E-state index contributed by atoms with van der Waals surface area (Å²) in [6.45, 7) is 10.4. The molecule has 0 aromatic carbocycles. The van der Waals surface area contributed by atoms with E-state index in [1.165, 1.54) is 6.42 Å². The lowest BCUT2D eigenvalue weighted by molar-refractivity contribution is -0.132. The molecule has 20 heavy (non-hydrogen) atoms. The summed E-state index contributed by atoms with van der Waals surface area (Å²) in [6.07, 6.45) is 2.36. The van der Waals surface area contributed by atoms with Gasteiger partial charge in [-0.2, -0.15) is 0 Å². The van der Waals surface area contributed by atoms with Gasteiger partial charge in [0.15, 0.2) is 0 Å². The van der Waals surface area contributed by atoms with Crippen LogP contribution in [0.1, 0.15) is 49.8 Å². The van der Waals surface area contributed by atoms with E-state index in [9.17, 15) is 4.79 Å². The maximum atomic E-state index is 12.2. The predicted octanol–water partition coefficient (Wildman–Crippen LogP) is 2.81. The van der Waals surface area contributed by atoms with E-state index >= 15 is 0 Å². The minimum absolute atomic E-state index is 0.138. The summed E-state index contributed by atoms with van der Waals surface area (Å²) in [4.78, 5) is 14.2. The van der Waals surface area contributed by atoms with Crippen LogP contribution in [0, 0.1) is 19.8 Å². The van der Waals surface area contributed by atoms with Gasteiger partial charge in [-0.25, -0.2) is 0 Å². The number of hydrogen-bond acceptors (Lipinski definition) is 3. The Morgan fingerprint density at radius 1 is 1.55 bits per heavy atom. The van der Waals surface area contributed by atoms with Gasteiger partial charge in [-0.3, -0.25) is 4.79 Å². The van der Waals surface area contributed by atoms with Crippen LogP contribution in [0.3, 0.4) is 0 Å². The summed E-state index contributed by atoms with van der Waals surface area (Å²) in [6, 6.07) is 2.18. The minimum atomic E-state index is 0.138. The molecule has 4 heteroatoms. The highest BCUT2D eigenvalue weighted by molar-refractivity contribution is 5.78. The molecule has 1 fully saturated rings. The summed E-state index contributed by atoms with van der Waals surface area (Å²) < 4.78 is 5.54. The molecule has 0 saturated carbocycles. The van der Waals surface area contributed by atoms with E-state index in [0.717, 1.165) is 36.6 Å². The van der Waals surface area contributed by atoms with Crippen molar-refractivity contribution in [1.82, 2.24) is 10.2 Å². The van der Waals surface area contributed by atoms with Crippen LogP contribution in [-0.4, -0.2) is 30.4 Å². The van der Waals surface area contributed by atoms with Gasteiger partial charge in [-0.15, -0.1) is 0 Å². The minimum Gasteiger partial charge on any atom is -0.466 e. The van der Waals surface area contributed by atoms with Gasteiger partial charge < -0.3 is 14.6 Å². The summed E-state index contributed by atoms with van der Waals surface area (Å²) in [5.41, 5.74) is 1.14. The lowest BCUT2D eigenvalue weighted by Crippen LogP contribution is -2.43. The van der Waals surface area contributed by atoms with E-state index in [-0.39, 0.29) is 11.9 Å². The molecule has 1 aliphatic rings. The van der Waals surface area contributed by atoms with Crippen molar-refractivity contribution in [2.24, 2.45) is 5.92 Å². The van der Waals surface area contributed by atoms with Crippen LogP contribution in [0.4, 0.5) is 0 Å². The summed E-state index contributed by atoms with van der Waals surface area (Å²) in [5, 5.41) is 3.31. The summed E-state index contributed by atoms with van der Waals surface area (Å²) >= 11 is 0. The van der Waals surface area contributed by atoms with Gasteiger partial charge >= 0.3 is 0 Å². The molecule has 0 spiro atoms. The molecule has 2 rings (SSSR count). The van der Waals surface area contributed by atoms with Crippen molar-refractivity contribution in [2.45, 2.75) is 46.6 Å². The van der Waals surface area contributed by atoms with Crippen molar-refractivity contribution < 1.29 is 9.21 Å². The van der Waals surface area contributed by atoms with Gasteiger partial charge in [0.1, 0.15) is 11.5 Å². The molecule has 1 aromatic heterocycles. The Labute approximate surface area is 121 Å². The van der Waals surface area contributed by atoms with E-state index < -0.39 is 0 Å². The lowest BCUT2D eigenvalue weighted by atomic mass is 10.0. The summed E-state index contributed by atoms with van der Waals surface area (Å²) in [7, 11) is 0. The van der Waals surface area contributed by atoms with Crippen molar-refractivity contribution in [3.8, 4) is 0 Å². The number of piperidine rings is 1. The number of rotatable bonds is 4. The summed E-state index contributed by atoms with van der Waals surface area (Å²) in [5.74, 6) is 2.69. The molecule has 1 aromatic rings. The fourth-order valence-corrected chi connectivity index (χ4v) is 2.96. The molecule has 0 aliphatic carbocycles. The zero-order valence-corrected chi connectivity index (χ0v) is 13.0. The first kappa shape index (κ1) is 15.1. The van der Waals surface area contributed by atoms with E-state index in [0.29, 0.717) is 12.5 Å². The second kappa shape index (κ2) is 6.44. The predicted molar refractivity (Wildman–Crippen MR) is 79.6 cm³/mol. The van der Waals surface area contributed by atoms with Crippen LogP contribution in [0.15, 0.2) is 10.5 Å². The zero-order chi connectivity index (χ0) is 14.7. The average Bonchev–Trinajstić information content (AvgIpc) is 2.74. The maximum absolute atomic E-state index is 12.2. The smallest absolute Gasteiger partial charge is 0.236 e. The molecule has 1 amide bonds. The van der Waals surface area contributed by atoms with E-state index in [4.69, 9.17) is 4.42 Å². The third kappa shape index (κ3) is 3.63. The highest BCUT2D eigenvalue weighted by atomic mass is 16.3. The Morgan fingerprint density at radius 2 is 2.30 bits per heavy atom. The molecule has 2 heterocycles. The molecular formula is C16H26N2O2. The quantitative estimate of drug-likeness (QED) is 0.921. The van der Waals surface area contributed by atoms with Gasteiger partial charge in [0.2, 0.25) is 5.91 Å². The number of furan rings is 1. The number of carbonyl (C=O) groups excluding carboxylic acids is 1. The largest absolute Gasteiger partial charge is 0.466 e. The first-order valence-electron chi connectivity index (χ1n) is 7.55. The molecule has 2 atom stereocenters. The molecular weight excluding hydrogens is 252 g/mol. The SMILES string of the molecule is Cc1cc([C@@H](C)NCC(=O)N2CCC[C@H](C)C2)c(C)o1. The Kier molecular flexibility index (Phi) is 4.86. The van der Waals surface area contributed by atoms with Crippen molar-refractivity contribution in [3.63, 3.8) is 0 Å². The Balaban J connectivity index is 1.85. The van der Waals surface area contributed by atoms with Crippen molar-refractivity contribution >= 4 is 5.91 Å². The third-order valence-corrected chi connectivity index (χ3v) is 4.12. The molecule has 1 saturated heterocycles. The maximum Gasteiger partial charge on any atom is 0.236 e. The Morgan fingerprint density at radius 3 is 2.90 bits per heavy atom. The van der Waals surface area contributed by atoms with E-state index in [2.05, 4.69) is 19.2 Å². The molecule has 1 N–H and O–H groups in total. The molecule has 0 radical (unpaired) electrons. The standard InChI is InChI=1S/C16H26N2O2/c1-11-6-5-7-18(10-11)16(19)9-17-13(3)15-8-12(2)20-14(15)4/h8,11,13,17H,5-7,9-10H2,1-4H3/t11-,13+/m0/s1. The number of hydrogen-bond donors (Lipinski definition) is 1. The lowest BCUT2D eigenvalue weighted by Gasteiger charge is -2.31. The third-order valence-electron chi connectivity index (χ3n) is 4.12. The number of nitrogens with zero attached hydrogens (tertiary/aromatic N) is 1. The van der Waals surface area contributed by atoms with Crippen LogP contribution in [0.2, 0.25) is 0 Å². The Hall–Kier alpha value is -1.29. The topological polar surface area (TPSA) is 45.5 Å². The van der Waals surface area contributed by atoms with Crippen molar-refractivity contribution in [3.05, 3.63) is 23.2 Å². The van der Waals surface area contributed by atoms with Crippen LogP contribution in [0.25, 0.3) is 0 Å². The van der Waals surface area contributed by atoms with Gasteiger partial charge in [-0.1, -0.05) is 6.92 Å². The van der Waals surface area contributed by atoms with Crippen LogP contribution < -0.4 is 5.32 Å². The fraction of sp³-hybridized carbons (Fsp3) is 0.688. The molecule has 0 unspecified atom stereocenters. The van der Waals surface area contributed by atoms with Crippen molar-refractivity contribution in [1.29, 1.82) is 0 Å². The van der Waals surface area contributed by atoms with E-state index in [1.807, 2.05) is 24.8 Å². The van der Waals surface area contributed by atoms with Crippen LogP contribution in [-0.2, 0) is 4.79 Å². The number of nitrogens with one attached hydrogen (secondary N) is 1. The molecule has 1 aliphatic heterocycles. The monoisotopic (exact) mass is 278 g/mol. The fourth-order valence-electron chi connectivity index (χ4n) is 2.96. The molecule has 4 nitrogen and oxygen atoms in total. The van der Waals surface area contributed by atoms with Gasteiger partial charge in [0.25, 0.3) is 0 Å². The van der Waals surface area contributed by atoms with E-state index in [1.54, 1.807) is 0 Å². The second-order valence-corrected chi connectivity index (χ2v) is 6.06. The Bertz CT molecular complexity index is 467. The van der Waals surface area contributed by atoms with Crippen LogP contribution >= 0.6 is 0 Å². The second-order valence-electron chi connectivity index (χ2n) is 6.06. The molecule has 0 bridgehead atoms. The highest BCUT2D eigenvalue weighted by Crippen LogP contribution is 2.21. The zero-order valence-electron chi connectivity index (χ0n) is 13.0. The average molecular weight is 278 g/mol. The molecule has 112 valence electrons. The number of amides is 1. The number of likely N-dealkylation sites (tertiary alicyclic amines) is 1. The first-order valence-corrected chi connectivity index (χ1v) is 7.55. The highest BCUT2D eigenvalue weighted by Gasteiger charge is 2.21. The van der Waals surface area contributed by atoms with Gasteiger partial charge in [0.05, 0.1) is 6.54 Å². The number of aryl methyl sites for hydroxylation is 2. The first-order chi connectivity index (χ1) is 9.47. The van der Waals surface area contributed by atoms with Crippen molar-refractivity contribution in [2.75, 3.05) is 19.6 Å².